The van der Waals surface area contributed by atoms with Crippen LogP contribution in [-0.2, 0) is 4.79 Å². The van der Waals surface area contributed by atoms with Crippen LogP contribution in [0.3, 0.4) is 0 Å². The number of rotatable bonds is 3. The van der Waals surface area contributed by atoms with Crippen LogP contribution in [0.5, 0.6) is 0 Å². The van der Waals surface area contributed by atoms with Gasteiger partial charge in [-0.15, -0.1) is 0 Å². The lowest BCUT2D eigenvalue weighted by molar-refractivity contribution is -0.124. The first kappa shape index (κ1) is 12.4. The molecule has 2 rings (SSSR count). The third kappa shape index (κ3) is 3.77. The molecule has 0 unspecified atom stereocenters. The molecular formula is C13H23NOS. The smallest absolute Gasteiger partial charge is 0.149 e. The summed E-state index contributed by atoms with van der Waals surface area (Å²) in [6.45, 7) is 2.97. The van der Waals surface area contributed by atoms with Gasteiger partial charge in [0.05, 0.1) is 6.54 Å². The Morgan fingerprint density at radius 1 is 1.06 bits per heavy atom. The molecule has 16 heavy (non-hydrogen) atoms. The average molecular weight is 241 g/mol. The molecule has 2 aliphatic rings. The highest BCUT2D eigenvalue weighted by molar-refractivity contribution is 7.99. The van der Waals surface area contributed by atoms with Crippen LogP contribution in [0.25, 0.3) is 0 Å². The summed E-state index contributed by atoms with van der Waals surface area (Å²) in [5.74, 6) is 3.39. The molecule has 0 bridgehead atoms. The molecule has 0 aromatic heterocycles. The van der Waals surface area contributed by atoms with Crippen LogP contribution in [0, 0.1) is 5.92 Å². The Morgan fingerprint density at radius 2 is 1.88 bits per heavy atom. The molecule has 0 aromatic rings. The van der Waals surface area contributed by atoms with Crippen molar-refractivity contribution in [2.24, 2.45) is 5.92 Å². The Morgan fingerprint density at radius 3 is 2.69 bits per heavy atom. The second kappa shape index (κ2) is 6.65. The number of carbonyl (C=O) groups excluding carboxylic acids is 1. The van der Waals surface area contributed by atoms with Crippen molar-refractivity contribution in [3.63, 3.8) is 0 Å². The van der Waals surface area contributed by atoms with Gasteiger partial charge in [0.1, 0.15) is 5.78 Å². The van der Waals surface area contributed by atoms with E-state index in [0.29, 0.717) is 11.7 Å². The summed E-state index contributed by atoms with van der Waals surface area (Å²) in [6.07, 6.45) is 7.44. The summed E-state index contributed by atoms with van der Waals surface area (Å²) < 4.78 is 0. The Hall–Kier alpha value is -0.0200. The third-order valence-corrected chi connectivity index (χ3v) is 4.80. The topological polar surface area (TPSA) is 20.3 Å². The van der Waals surface area contributed by atoms with Crippen molar-refractivity contribution in [1.82, 2.24) is 4.90 Å². The van der Waals surface area contributed by atoms with E-state index in [9.17, 15) is 4.79 Å². The molecule has 1 aliphatic heterocycles. The molecule has 0 spiro atoms. The van der Waals surface area contributed by atoms with Crippen molar-refractivity contribution in [3.05, 3.63) is 0 Å². The highest BCUT2D eigenvalue weighted by Gasteiger charge is 2.23. The number of hydrogen-bond acceptors (Lipinski definition) is 3. The van der Waals surface area contributed by atoms with Gasteiger partial charge >= 0.3 is 0 Å². The third-order valence-electron chi connectivity index (χ3n) is 3.75. The minimum Gasteiger partial charge on any atom is -0.298 e. The van der Waals surface area contributed by atoms with E-state index in [1.54, 1.807) is 0 Å². The summed E-state index contributed by atoms with van der Waals surface area (Å²) in [6, 6.07) is 0. The lowest BCUT2D eigenvalue weighted by Crippen LogP contribution is -2.35. The Balaban J connectivity index is 1.76. The molecule has 3 heteroatoms. The largest absolute Gasteiger partial charge is 0.298 e. The van der Waals surface area contributed by atoms with Crippen LogP contribution in [0.1, 0.15) is 38.5 Å². The van der Waals surface area contributed by atoms with Crippen molar-refractivity contribution in [2.75, 3.05) is 31.1 Å². The van der Waals surface area contributed by atoms with E-state index < -0.39 is 0 Å². The molecule has 1 saturated carbocycles. The summed E-state index contributed by atoms with van der Waals surface area (Å²) in [7, 11) is 0. The van der Waals surface area contributed by atoms with Gasteiger partial charge in [0, 0.05) is 18.2 Å². The first-order chi connectivity index (χ1) is 7.86. The lowest BCUT2D eigenvalue weighted by Gasteiger charge is -2.24. The molecule has 2 fully saturated rings. The quantitative estimate of drug-likeness (QED) is 0.757. The number of ketones is 1. The number of nitrogens with zero attached hydrogens (tertiary/aromatic N) is 1. The number of hydrogen-bond donors (Lipinski definition) is 0. The van der Waals surface area contributed by atoms with Gasteiger partial charge in [0.25, 0.3) is 0 Å². The minimum absolute atomic E-state index is 0.393. The molecule has 1 aliphatic carbocycles. The van der Waals surface area contributed by atoms with Gasteiger partial charge in [0.15, 0.2) is 0 Å². The fourth-order valence-electron chi connectivity index (χ4n) is 2.73. The maximum Gasteiger partial charge on any atom is 0.149 e. The van der Waals surface area contributed by atoms with Crippen molar-refractivity contribution < 1.29 is 4.79 Å². The summed E-state index contributed by atoms with van der Waals surface area (Å²) in [5.41, 5.74) is 0. The van der Waals surface area contributed by atoms with E-state index in [4.69, 9.17) is 0 Å². The van der Waals surface area contributed by atoms with Crippen molar-refractivity contribution in [3.8, 4) is 0 Å². The maximum absolute atomic E-state index is 12.1. The Labute approximate surface area is 103 Å². The van der Waals surface area contributed by atoms with Gasteiger partial charge in [-0.3, -0.25) is 9.69 Å². The molecule has 1 saturated heterocycles. The molecule has 2 nitrogen and oxygen atoms in total. The molecule has 1 heterocycles. The second-order valence-corrected chi connectivity index (χ2v) is 6.27. The summed E-state index contributed by atoms with van der Waals surface area (Å²) >= 11 is 2.03. The van der Waals surface area contributed by atoms with E-state index in [1.807, 2.05) is 11.8 Å². The molecule has 92 valence electrons. The first-order valence-electron chi connectivity index (χ1n) is 6.69. The summed E-state index contributed by atoms with van der Waals surface area (Å²) in [5, 5.41) is 0. The maximum atomic E-state index is 12.1. The normalized spacial score (nSPS) is 25.2. The molecular weight excluding hydrogens is 218 g/mol. The van der Waals surface area contributed by atoms with Crippen molar-refractivity contribution in [1.29, 1.82) is 0 Å². The zero-order chi connectivity index (χ0) is 11.2. The van der Waals surface area contributed by atoms with Crippen molar-refractivity contribution >= 4 is 17.5 Å². The van der Waals surface area contributed by atoms with Gasteiger partial charge in [0.2, 0.25) is 0 Å². The van der Waals surface area contributed by atoms with E-state index in [0.717, 1.165) is 32.5 Å². The predicted octanol–water partition coefficient (Wildman–Crippen LogP) is 2.57. The zero-order valence-electron chi connectivity index (χ0n) is 10.1. The minimum atomic E-state index is 0.393. The highest BCUT2D eigenvalue weighted by atomic mass is 32.2. The van der Waals surface area contributed by atoms with Crippen LogP contribution in [0.4, 0.5) is 0 Å². The van der Waals surface area contributed by atoms with Crippen LogP contribution in [0.2, 0.25) is 0 Å². The van der Waals surface area contributed by atoms with Crippen LogP contribution in [-0.4, -0.2) is 41.8 Å². The monoisotopic (exact) mass is 241 g/mol. The van der Waals surface area contributed by atoms with Gasteiger partial charge in [-0.05, 0) is 31.6 Å². The van der Waals surface area contributed by atoms with Gasteiger partial charge < -0.3 is 0 Å². The molecule has 0 amide bonds. The van der Waals surface area contributed by atoms with Gasteiger partial charge in [-0.2, -0.15) is 11.8 Å². The Kier molecular flexibility index (Phi) is 5.17. The van der Waals surface area contributed by atoms with E-state index >= 15 is 0 Å². The van der Waals surface area contributed by atoms with E-state index in [-0.39, 0.29) is 0 Å². The van der Waals surface area contributed by atoms with Crippen LogP contribution in [0.15, 0.2) is 0 Å². The lowest BCUT2D eigenvalue weighted by atomic mass is 9.86. The molecule has 0 atom stereocenters. The highest BCUT2D eigenvalue weighted by Crippen LogP contribution is 2.24. The molecule has 0 N–H and O–H groups in total. The zero-order valence-corrected chi connectivity index (χ0v) is 10.9. The summed E-state index contributed by atoms with van der Waals surface area (Å²) in [4.78, 5) is 14.5. The van der Waals surface area contributed by atoms with Crippen molar-refractivity contribution in [2.45, 2.75) is 38.5 Å². The number of Topliss-reactive ketones (excluding diaryl/α,β-unsaturated/α-hetero) is 1. The fourth-order valence-corrected chi connectivity index (χ4v) is 3.65. The predicted molar refractivity (Wildman–Crippen MR) is 70.0 cm³/mol. The standard InChI is InChI=1S/C13H23NOS/c15-13(12-5-2-1-3-6-12)11-14-7-4-9-16-10-8-14/h12H,1-11H2. The van der Waals surface area contributed by atoms with Gasteiger partial charge in [-0.1, -0.05) is 19.3 Å². The molecule has 0 aromatic carbocycles. The average Bonchev–Trinajstić information content (AvgIpc) is 2.59. The van der Waals surface area contributed by atoms with E-state index in [1.165, 1.54) is 37.2 Å². The SMILES string of the molecule is O=C(CN1CCCSCC1)C1CCCCC1. The van der Waals surface area contributed by atoms with Gasteiger partial charge in [-0.25, -0.2) is 0 Å². The van der Waals surface area contributed by atoms with E-state index in [2.05, 4.69) is 4.90 Å². The number of thioether (sulfide) groups is 1. The van der Waals surface area contributed by atoms with Crippen LogP contribution >= 0.6 is 11.8 Å². The second-order valence-electron chi connectivity index (χ2n) is 5.04. The molecule has 0 radical (unpaired) electrons. The first-order valence-corrected chi connectivity index (χ1v) is 7.84. The van der Waals surface area contributed by atoms with Crippen LogP contribution < -0.4 is 0 Å². The Bertz CT molecular complexity index is 218. The number of carbonyl (C=O) groups is 1. The fraction of sp³-hybridized carbons (Fsp3) is 0.923.